The van der Waals surface area contributed by atoms with Crippen molar-refractivity contribution >= 4 is 5.91 Å². The maximum absolute atomic E-state index is 13.9. The first-order chi connectivity index (χ1) is 13.5. The highest BCUT2D eigenvalue weighted by atomic mass is 19.1. The van der Waals surface area contributed by atoms with Crippen LogP contribution in [0.1, 0.15) is 30.0 Å². The number of likely N-dealkylation sites (tertiary alicyclic amines) is 1. The van der Waals surface area contributed by atoms with E-state index in [2.05, 4.69) is 10.00 Å². The van der Waals surface area contributed by atoms with Crippen molar-refractivity contribution in [2.75, 3.05) is 19.6 Å². The van der Waals surface area contributed by atoms with E-state index in [0.29, 0.717) is 18.0 Å². The Kier molecular flexibility index (Phi) is 4.23. The van der Waals surface area contributed by atoms with E-state index < -0.39 is 11.6 Å². The van der Waals surface area contributed by atoms with Gasteiger partial charge in [-0.05, 0) is 62.5 Å². The Bertz CT molecular complexity index is 885. The SMILES string of the molecule is Cc1ccn(CC(=O)N2C[C@@H](c3cc(F)cc(F)c3)[C@@H]3[C@H]2C2CCN3CC2)n1. The topological polar surface area (TPSA) is 41.4 Å². The van der Waals surface area contributed by atoms with Gasteiger partial charge >= 0.3 is 0 Å². The summed E-state index contributed by atoms with van der Waals surface area (Å²) in [6, 6.07) is 5.90. The number of benzene rings is 1. The molecule has 0 spiro atoms. The molecule has 28 heavy (non-hydrogen) atoms. The molecular formula is C21H24F2N4O. The summed E-state index contributed by atoms with van der Waals surface area (Å²) >= 11 is 0. The number of aromatic nitrogens is 2. The molecule has 0 radical (unpaired) electrons. The van der Waals surface area contributed by atoms with Crippen LogP contribution in [0.15, 0.2) is 30.5 Å². The van der Waals surface area contributed by atoms with E-state index in [1.165, 1.54) is 12.1 Å². The van der Waals surface area contributed by atoms with Gasteiger partial charge < -0.3 is 4.90 Å². The highest BCUT2D eigenvalue weighted by molar-refractivity contribution is 5.77. The minimum atomic E-state index is -0.556. The van der Waals surface area contributed by atoms with E-state index >= 15 is 0 Å². The Morgan fingerprint density at radius 3 is 2.50 bits per heavy atom. The van der Waals surface area contributed by atoms with Crippen LogP contribution in [0.2, 0.25) is 0 Å². The van der Waals surface area contributed by atoms with Gasteiger partial charge in [0.2, 0.25) is 5.91 Å². The number of halogens is 2. The lowest BCUT2D eigenvalue weighted by molar-refractivity contribution is -0.136. The van der Waals surface area contributed by atoms with Crippen LogP contribution in [0.4, 0.5) is 8.78 Å². The Balaban J connectivity index is 1.47. The van der Waals surface area contributed by atoms with Crippen LogP contribution in [0.25, 0.3) is 0 Å². The fourth-order valence-electron chi connectivity index (χ4n) is 5.57. The molecule has 4 fully saturated rings. The largest absolute Gasteiger partial charge is 0.336 e. The zero-order chi connectivity index (χ0) is 19.4. The van der Waals surface area contributed by atoms with Gasteiger partial charge in [-0.1, -0.05) is 0 Å². The summed E-state index contributed by atoms with van der Waals surface area (Å²) in [7, 11) is 0. The quantitative estimate of drug-likeness (QED) is 0.814. The molecule has 148 valence electrons. The lowest BCUT2D eigenvalue weighted by atomic mass is 9.75. The third-order valence-electron chi connectivity index (χ3n) is 6.70. The number of nitrogens with zero attached hydrogens (tertiary/aromatic N) is 4. The number of carbonyl (C=O) groups is 1. The number of rotatable bonds is 3. The summed E-state index contributed by atoms with van der Waals surface area (Å²) < 4.78 is 29.5. The van der Waals surface area contributed by atoms with Crippen molar-refractivity contribution in [1.82, 2.24) is 19.6 Å². The zero-order valence-corrected chi connectivity index (χ0v) is 15.9. The zero-order valence-electron chi connectivity index (χ0n) is 15.9. The molecular weight excluding hydrogens is 362 g/mol. The molecule has 3 atom stereocenters. The Labute approximate surface area is 162 Å². The average molecular weight is 386 g/mol. The standard InChI is InChI=1S/C21H24F2N4O/c1-13-2-7-26(24-13)12-19(28)27-11-18(15-8-16(22)10-17(23)9-15)21-20(27)14-3-5-25(21)6-4-14/h2,7-10,14,18,20-21H,3-6,11-12H2,1H3/t18-,20+,21+/m0/s1. The highest BCUT2D eigenvalue weighted by Gasteiger charge is 2.54. The molecule has 0 N–H and O–H groups in total. The van der Waals surface area contributed by atoms with Crippen molar-refractivity contribution in [3.05, 3.63) is 53.4 Å². The van der Waals surface area contributed by atoms with Crippen molar-refractivity contribution in [2.45, 2.75) is 44.3 Å². The molecule has 0 saturated carbocycles. The van der Waals surface area contributed by atoms with Crippen molar-refractivity contribution in [3.8, 4) is 0 Å². The van der Waals surface area contributed by atoms with Gasteiger partial charge in [-0.25, -0.2) is 8.78 Å². The van der Waals surface area contributed by atoms with Crippen LogP contribution in [0, 0.1) is 24.5 Å². The number of hydrogen-bond acceptors (Lipinski definition) is 3. The molecule has 2 bridgehead atoms. The maximum atomic E-state index is 13.9. The minimum Gasteiger partial charge on any atom is -0.336 e. The molecule has 6 rings (SSSR count). The van der Waals surface area contributed by atoms with E-state index in [9.17, 15) is 13.6 Å². The van der Waals surface area contributed by atoms with Crippen LogP contribution in [-0.2, 0) is 11.3 Å². The van der Waals surface area contributed by atoms with Crippen LogP contribution in [-0.4, -0.2) is 57.2 Å². The number of carbonyl (C=O) groups excluding carboxylic acids is 1. The predicted molar refractivity (Wildman–Crippen MR) is 99.6 cm³/mol. The molecule has 0 unspecified atom stereocenters. The Hall–Kier alpha value is -2.28. The maximum Gasteiger partial charge on any atom is 0.244 e. The van der Waals surface area contributed by atoms with Gasteiger partial charge in [-0.2, -0.15) is 5.10 Å². The van der Waals surface area contributed by atoms with Crippen LogP contribution in [0.3, 0.4) is 0 Å². The molecule has 4 aliphatic rings. The van der Waals surface area contributed by atoms with E-state index in [4.69, 9.17) is 0 Å². The summed E-state index contributed by atoms with van der Waals surface area (Å²) in [6.45, 7) is 4.61. The third-order valence-corrected chi connectivity index (χ3v) is 6.70. The van der Waals surface area contributed by atoms with E-state index in [0.717, 1.165) is 37.7 Å². The second-order valence-corrected chi connectivity index (χ2v) is 8.36. The first-order valence-electron chi connectivity index (χ1n) is 9.99. The highest BCUT2D eigenvalue weighted by Crippen LogP contribution is 2.46. The molecule has 1 aromatic heterocycles. The first kappa shape index (κ1) is 17.8. The second kappa shape index (κ2) is 6.65. The third kappa shape index (κ3) is 2.92. The summed E-state index contributed by atoms with van der Waals surface area (Å²) in [5.41, 5.74) is 1.54. The molecule has 4 saturated heterocycles. The van der Waals surface area contributed by atoms with Crippen LogP contribution >= 0.6 is 0 Å². The van der Waals surface area contributed by atoms with Crippen LogP contribution < -0.4 is 0 Å². The van der Waals surface area contributed by atoms with Gasteiger partial charge in [-0.15, -0.1) is 0 Å². The molecule has 5 nitrogen and oxygen atoms in total. The van der Waals surface area contributed by atoms with Crippen molar-refractivity contribution in [1.29, 1.82) is 0 Å². The number of fused-ring (bicyclic) bond motifs is 2. The molecule has 0 aliphatic carbocycles. The molecule has 7 heteroatoms. The fourth-order valence-corrected chi connectivity index (χ4v) is 5.57. The van der Waals surface area contributed by atoms with Gasteiger partial charge in [0.05, 0.1) is 11.7 Å². The van der Waals surface area contributed by atoms with Crippen molar-refractivity contribution in [3.63, 3.8) is 0 Å². The van der Waals surface area contributed by atoms with Gasteiger partial charge in [0.1, 0.15) is 18.2 Å². The summed E-state index contributed by atoms with van der Waals surface area (Å²) in [5.74, 6) is -0.687. The lowest BCUT2D eigenvalue weighted by Gasteiger charge is -2.51. The molecule has 2 aromatic rings. The van der Waals surface area contributed by atoms with E-state index in [-0.39, 0.29) is 30.5 Å². The van der Waals surface area contributed by atoms with E-state index in [1.807, 2.05) is 24.1 Å². The molecule has 5 heterocycles. The summed E-state index contributed by atoms with van der Waals surface area (Å²) in [5, 5.41) is 4.33. The molecule has 1 aromatic carbocycles. The second-order valence-electron chi connectivity index (χ2n) is 8.36. The van der Waals surface area contributed by atoms with Gasteiger partial charge in [-0.3, -0.25) is 14.4 Å². The smallest absolute Gasteiger partial charge is 0.244 e. The normalized spacial score (nSPS) is 31.2. The summed E-state index contributed by atoms with van der Waals surface area (Å²) in [4.78, 5) is 17.5. The summed E-state index contributed by atoms with van der Waals surface area (Å²) in [6.07, 6.45) is 3.98. The predicted octanol–water partition coefficient (Wildman–Crippen LogP) is 2.56. The fraction of sp³-hybridized carbons (Fsp3) is 0.524. The van der Waals surface area contributed by atoms with Crippen molar-refractivity contribution in [2.24, 2.45) is 5.92 Å². The van der Waals surface area contributed by atoms with Gasteiger partial charge in [0, 0.05) is 30.8 Å². The number of piperidine rings is 3. The van der Waals surface area contributed by atoms with Crippen LogP contribution in [0.5, 0.6) is 0 Å². The number of aryl methyl sites for hydroxylation is 1. The average Bonchev–Trinajstić information content (AvgIpc) is 3.27. The Morgan fingerprint density at radius 2 is 1.86 bits per heavy atom. The number of amides is 1. The minimum absolute atomic E-state index is 0.0335. The van der Waals surface area contributed by atoms with Gasteiger partial charge in [0.15, 0.2) is 0 Å². The molecule has 1 amide bonds. The number of hydrogen-bond donors (Lipinski definition) is 0. The Morgan fingerprint density at radius 1 is 1.14 bits per heavy atom. The first-order valence-corrected chi connectivity index (χ1v) is 9.99. The molecule has 4 aliphatic heterocycles. The van der Waals surface area contributed by atoms with Gasteiger partial charge in [0.25, 0.3) is 0 Å². The van der Waals surface area contributed by atoms with E-state index in [1.54, 1.807) is 4.68 Å². The lowest BCUT2D eigenvalue weighted by Crippen LogP contribution is -2.61. The van der Waals surface area contributed by atoms with Crippen molar-refractivity contribution < 1.29 is 13.6 Å². The monoisotopic (exact) mass is 386 g/mol.